The molecule has 1 aromatic carbocycles. The normalized spacial score (nSPS) is 19.6. The lowest BCUT2D eigenvalue weighted by molar-refractivity contribution is -0.117. The highest BCUT2D eigenvalue weighted by atomic mass is 16.5. The number of anilines is 1. The number of hydrogen-bond donors (Lipinski definition) is 1. The second-order valence-electron chi connectivity index (χ2n) is 5.26. The van der Waals surface area contributed by atoms with Crippen molar-refractivity contribution >= 4 is 11.6 Å². The minimum Gasteiger partial charge on any atom is -0.486 e. The van der Waals surface area contributed by atoms with Gasteiger partial charge in [-0.05, 0) is 37.5 Å². The van der Waals surface area contributed by atoms with Crippen LogP contribution in [0.25, 0.3) is 0 Å². The number of rotatable bonds is 3. The average Bonchev–Trinajstić information content (AvgIpc) is 2.36. The molecule has 4 heteroatoms. The van der Waals surface area contributed by atoms with Crippen LogP contribution in [0.4, 0.5) is 5.69 Å². The van der Waals surface area contributed by atoms with Crippen molar-refractivity contribution in [3.05, 3.63) is 23.8 Å². The SMILES string of the molecule is CCC1CN(C(C)=O)c2cc(CC(C)N)ccc2O1. The molecule has 0 aliphatic carbocycles. The fourth-order valence-electron chi connectivity index (χ4n) is 2.40. The van der Waals surface area contributed by atoms with Crippen LogP contribution < -0.4 is 15.4 Å². The molecule has 0 fully saturated rings. The Bertz CT molecular complexity index is 471. The van der Waals surface area contributed by atoms with Crippen LogP contribution in [0.2, 0.25) is 0 Å². The van der Waals surface area contributed by atoms with E-state index in [1.807, 2.05) is 25.1 Å². The van der Waals surface area contributed by atoms with Crippen LogP contribution in [0, 0.1) is 0 Å². The van der Waals surface area contributed by atoms with E-state index >= 15 is 0 Å². The van der Waals surface area contributed by atoms with Crippen LogP contribution >= 0.6 is 0 Å². The standard InChI is InChI=1S/C15H22N2O2/c1-4-13-9-17(11(3)18)14-8-12(7-10(2)16)5-6-15(14)19-13/h5-6,8,10,13H,4,7,9,16H2,1-3H3. The smallest absolute Gasteiger partial charge is 0.224 e. The zero-order chi connectivity index (χ0) is 14.0. The van der Waals surface area contributed by atoms with Crippen LogP contribution in [-0.4, -0.2) is 24.6 Å². The zero-order valence-corrected chi connectivity index (χ0v) is 11.8. The van der Waals surface area contributed by atoms with Gasteiger partial charge in [-0.15, -0.1) is 0 Å². The van der Waals surface area contributed by atoms with Crippen LogP contribution in [0.1, 0.15) is 32.8 Å². The molecule has 1 aliphatic heterocycles. The Morgan fingerprint density at radius 3 is 2.89 bits per heavy atom. The molecule has 0 radical (unpaired) electrons. The lowest BCUT2D eigenvalue weighted by Gasteiger charge is -2.34. The van der Waals surface area contributed by atoms with E-state index in [1.54, 1.807) is 11.8 Å². The predicted octanol–water partition coefficient (Wildman–Crippen LogP) is 2.10. The van der Waals surface area contributed by atoms with Gasteiger partial charge in [-0.25, -0.2) is 0 Å². The number of ether oxygens (including phenoxy) is 1. The third-order valence-corrected chi connectivity index (χ3v) is 3.39. The number of carbonyl (C=O) groups is 1. The summed E-state index contributed by atoms with van der Waals surface area (Å²) in [5.74, 6) is 0.850. The Hall–Kier alpha value is -1.55. The first-order chi connectivity index (χ1) is 9.01. The summed E-state index contributed by atoms with van der Waals surface area (Å²) < 4.78 is 5.90. The Kier molecular flexibility index (Phi) is 4.10. The summed E-state index contributed by atoms with van der Waals surface area (Å²) in [5.41, 5.74) is 7.83. The first-order valence-electron chi connectivity index (χ1n) is 6.84. The number of hydrogen-bond acceptors (Lipinski definition) is 3. The Morgan fingerprint density at radius 2 is 2.32 bits per heavy atom. The summed E-state index contributed by atoms with van der Waals surface area (Å²) in [6.07, 6.45) is 1.77. The second-order valence-corrected chi connectivity index (χ2v) is 5.26. The van der Waals surface area contributed by atoms with E-state index < -0.39 is 0 Å². The van der Waals surface area contributed by atoms with Gasteiger partial charge in [0.2, 0.25) is 5.91 Å². The molecule has 19 heavy (non-hydrogen) atoms. The van der Waals surface area contributed by atoms with E-state index in [4.69, 9.17) is 10.5 Å². The first kappa shape index (κ1) is 13.9. The van der Waals surface area contributed by atoms with Crippen LogP contribution in [0.5, 0.6) is 5.75 Å². The fourth-order valence-corrected chi connectivity index (χ4v) is 2.40. The van der Waals surface area contributed by atoms with Crippen molar-refractivity contribution in [2.75, 3.05) is 11.4 Å². The molecule has 0 bridgehead atoms. The van der Waals surface area contributed by atoms with Gasteiger partial charge < -0.3 is 15.4 Å². The second kappa shape index (κ2) is 5.61. The molecular formula is C15H22N2O2. The van der Waals surface area contributed by atoms with Crippen molar-refractivity contribution in [2.24, 2.45) is 5.73 Å². The zero-order valence-electron chi connectivity index (χ0n) is 11.8. The first-order valence-corrected chi connectivity index (χ1v) is 6.84. The van der Waals surface area contributed by atoms with E-state index in [2.05, 4.69) is 6.92 Å². The van der Waals surface area contributed by atoms with E-state index in [0.29, 0.717) is 6.54 Å². The maximum Gasteiger partial charge on any atom is 0.224 e. The van der Waals surface area contributed by atoms with Gasteiger partial charge in [-0.3, -0.25) is 4.79 Å². The van der Waals surface area contributed by atoms with Crippen molar-refractivity contribution < 1.29 is 9.53 Å². The lowest BCUT2D eigenvalue weighted by atomic mass is 10.0. The number of carbonyl (C=O) groups excluding carboxylic acids is 1. The number of fused-ring (bicyclic) bond motifs is 1. The Balaban J connectivity index is 2.35. The Morgan fingerprint density at radius 1 is 1.58 bits per heavy atom. The molecule has 0 spiro atoms. The molecule has 0 saturated carbocycles. The molecule has 2 rings (SSSR count). The van der Waals surface area contributed by atoms with Crippen molar-refractivity contribution in [3.63, 3.8) is 0 Å². The molecule has 2 atom stereocenters. The number of nitrogens with two attached hydrogens (primary N) is 1. The van der Waals surface area contributed by atoms with Gasteiger partial charge in [0.05, 0.1) is 12.2 Å². The molecular weight excluding hydrogens is 240 g/mol. The van der Waals surface area contributed by atoms with Gasteiger partial charge in [-0.1, -0.05) is 13.0 Å². The summed E-state index contributed by atoms with van der Waals surface area (Å²) in [4.78, 5) is 13.6. The molecule has 2 N–H and O–H groups in total. The predicted molar refractivity (Wildman–Crippen MR) is 76.5 cm³/mol. The lowest BCUT2D eigenvalue weighted by Crippen LogP contribution is -2.42. The highest BCUT2D eigenvalue weighted by molar-refractivity contribution is 5.93. The van der Waals surface area contributed by atoms with E-state index in [9.17, 15) is 4.79 Å². The van der Waals surface area contributed by atoms with Gasteiger partial charge in [0.1, 0.15) is 11.9 Å². The minimum atomic E-state index is 0.0564. The van der Waals surface area contributed by atoms with Crippen molar-refractivity contribution in [1.29, 1.82) is 0 Å². The molecule has 0 saturated heterocycles. The van der Waals surface area contributed by atoms with Gasteiger partial charge in [0, 0.05) is 13.0 Å². The number of nitrogens with zero attached hydrogens (tertiary/aromatic N) is 1. The quantitative estimate of drug-likeness (QED) is 0.907. The van der Waals surface area contributed by atoms with Gasteiger partial charge >= 0.3 is 0 Å². The summed E-state index contributed by atoms with van der Waals surface area (Å²) in [7, 11) is 0. The molecule has 104 valence electrons. The monoisotopic (exact) mass is 262 g/mol. The molecule has 1 aliphatic rings. The number of amides is 1. The van der Waals surface area contributed by atoms with Crippen molar-refractivity contribution in [3.8, 4) is 5.75 Å². The summed E-state index contributed by atoms with van der Waals surface area (Å²) in [6, 6.07) is 6.10. The molecule has 4 nitrogen and oxygen atoms in total. The van der Waals surface area contributed by atoms with E-state index in [0.717, 1.165) is 29.8 Å². The summed E-state index contributed by atoms with van der Waals surface area (Å²) in [5, 5.41) is 0. The minimum absolute atomic E-state index is 0.0564. The van der Waals surface area contributed by atoms with E-state index in [-0.39, 0.29) is 18.1 Å². The topological polar surface area (TPSA) is 55.6 Å². The molecule has 0 aromatic heterocycles. The molecule has 1 aromatic rings. The highest BCUT2D eigenvalue weighted by Gasteiger charge is 2.27. The fraction of sp³-hybridized carbons (Fsp3) is 0.533. The average molecular weight is 262 g/mol. The van der Waals surface area contributed by atoms with Crippen molar-refractivity contribution in [2.45, 2.75) is 45.8 Å². The molecule has 2 unspecified atom stereocenters. The maximum absolute atomic E-state index is 11.8. The van der Waals surface area contributed by atoms with Gasteiger partial charge in [0.25, 0.3) is 0 Å². The number of benzene rings is 1. The summed E-state index contributed by atoms with van der Waals surface area (Å²) in [6.45, 7) is 6.27. The largest absolute Gasteiger partial charge is 0.486 e. The van der Waals surface area contributed by atoms with Gasteiger partial charge in [-0.2, -0.15) is 0 Å². The maximum atomic E-state index is 11.8. The van der Waals surface area contributed by atoms with Crippen LogP contribution in [0.3, 0.4) is 0 Å². The third-order valence-electron chi connectivity index (χ3n) is 3.39. The van der Waals surface area contributed by atoms with Crippen molar-refractivity contribution in [1.82, 2.24) is 0 Å². The highest BCUT2D eigenvalue weighted by Crippen LogP contribution is 2.35. The van der Waals surface area contributed by atoms with Gasteiger partial charge in [0.15, 0.2) is 0 Å². The molecule has 1 amide bonds. The third kappa shape index (κ3) is 3.07. The van der Waals surface area contributed by atoms with E-state index in [1.165, 1.54) is 0 Å². The molecule has 1 heterocycles. The van der Waals surface area contributed by atoms with Crippen LogP contribution in [-0.2, 0) is 11.2 Å². The summed E-state index contributed by atoms with van der Waals surface area (Å²) >= 11 is 0. The van der Waals surface area contributed by atoms with Crippen LogP contribution in [0.15, 0.2) is 18.2 Å². The Labute approximate surface area is 114 Å².